The maximum Gasteiger partial charge on any atom is 0.342 e. The van der Waals surface area contributed by atoms with E-state index in [1.165, 1.54) is 6.21 Å². The third-order valence-electron chi connectivity index (χ3n) is 6.96. The van der Waals surface area contributed by atoms with Crippen LogP contribution in [0.15, 0.2) is 47.6 Å². The van der Waals surface area contributed by atoms with Crippen LogP contribution in [0.1, 0.15) is 16.4 Å². The number of phenols is 2. The molecule has 3 aliphatic rings. The van der Waals surface area contributed by atoms with Gasteiger partial charge in [0.25, 0.3) is 10.1 Å². The van der Waals surface area contributed by atoms with Gasteiger partial charge in [0, 0.05) is 23.2 Å². The molecule has 0 aliphatic carbocycles. The Bertz CT molecular complexity index is 1620. The molecule has 4 atom stereocenters. The van der Waals surface area contributed by atoms with E-state index in [1.807, 2.05) is 6.07 Å². The molecule has 0 aromatic heterocycles. The van der Waals surface area contributed by atoms with Crippen molar-refractivity contribution in [2.24, 2.45) is 5.10 Å². The van der Waals surface area contributed by atoms with Crippen molar-refractivity contribution in [1.29, 1.82) is 0 Å². The number of β-lactam (4-membered cyclic amide) rings is 1. The van der Waals surface area contributed by atoms with Crippen molar-refractivity contribution in [3.8, 4) is 11.5 Å². The highest BCUT2D eigenvalue weighted by molar-refractivity contribution is 8.02. The van der Waals surface area contributed by atoms with Crippen molar-refractivity contribution in [3.05, 3.63) is 58.6 Å². The van der Waals surface area contributed by atoms with E-state index >= 15 is 0 Å². The molecule has 5 rings (SSSR count). The van der Waals surface area contributed by atoms with Gasteiger partial charge in [0.1, 0.15) is 11.4 Å². The Morgan fingerprint density at radius 3 is 2.45 bits per heavy atom. The highest BCUT2D eigenvalue weighted by atomic mass is 35.5. The fraction of sp³-hybridized carbons (Fsp3) is 0.292. The summed E-state index contributed by atoms with van der Waals surface area (Å²) in [4.78, 5) is 52.0. The van der Waals surface area contributed by atoms with Crippen LogP contribution in [0, 0.1) is 0 Å². The van der Waals surface area contributed by atoms with Crippen LogP contribution in [0.4, 0.5) is 4.79 Å². The number of amides is 4. The van der Waals surface area contributed by atoms with E-state index in [0.29, 0.717) is 23.4 Å². The molecule has 0 bridgehead atoms. The summed E-state index contributed by atoms with van der Waals surface area (Å²) >= 11 is 6.67. The molecular weight excluding hydrogens is 618 g/mol. The maximum absolute atomic E-state index is 13.2. The van der Waals surface area contributed by atoms with Gasteiger partial charge < -0.3 is 25.5 Å². The number of carboxylic acid groups (broad SMARTS) is 1. The molecule has 0 radical (unpaired) electrons. The number of fused-ring (bicyclic) bond motifs is 1. The van der Waals surface area contributed by atoms with Gasteiger partial charge in [0.2, 0.25) is 16.7 Å². The predicted molar refractivity (Wildman–Crippen MR) is 147 cm³/mol. The summed E-state index contributed by atoms with van der Waals surface area (Å²) in [7, 11) is -5.21. The number of rotatable bonds is 8. The predicted octanol–water partition coefficient (Wildman–Crippen LogP) is 0.633. The van der Waals surface area contributed by atoms with Gasteiger partial charge in [-0.25, -0.2) is 14.6 Å². The number of carbonyl (C=O) groups excluding carboxylic acids is 3. The Morgan fingerprint density at radius 2 is 1.81 bits per heavy atom. The monoisotopic (exact) mass is 639 g/mol. The number of hydrogen-bond donors (Lipinski definition) is 5. The SMILES string of the molecule is O=C(N[C@@H]1C(=O)N2C[C@@](C(=O)O)(N3CCN(/N=C/c4ccccc4)C3=O)S[C@H]12)C(c1cc(O)c(O)cc1Cl)S(=O)(=O)O. The van der Waals surface area contributed by atoms with Crippen molar-refractivity contribution in [2.75, 3.05) is 19.6 Å². The summed E-state index contributed by atoms with van der Waals surface area (Å²) in [5, 5.41) is 33.2. The standard InChI is InChI=1S/C24H22ClN5O10S2/c25-14-9-16(32)15(31)8-13(14)18(42(38,39)40)19(33)27-17-20(34)28-11-24(22(35)36,41-21(17)28)29-6-7-30(23(29)37)26-10-12-4-2-1-3-5-12/h1-5,8-10,17-18,21,31-32H,6-7,11H2,(H,27,33)(H,35,36)(H,38,39,40)/b26-10+/t17-,18?,21-,24-/m1/s1. The maximum atomic E-state index is 13.2. The van der Waals surface area contributed by atoms with Gasteiger partial charge in [-0.1, -0.05) is 53.7 Å². The van der Waals surface area contributed by atoms with Crippen LogP contribution in [0.25, 0.3) is 0 Å². The van der Waals surface area contributed by atoms with Gasteiger partial charge in [-0.3, -0.25) is 19.0 Å². The lowest BCUT2D eigenvalue weighted by Gasteiger charge is -2.41. The normalized spacial score (nSPS) is 24.6. The minimum atomic E-state index is -5.21. The average molecular weight is 640 g/mol. The van der Waals surface area contributed by atoms with E-state index in [0.717, 1.165) is 20.9 Å². The lowest BCUT2D eigenvalue weighted by molar-refractivity contribution is -0.151. The zero-order valence-electron chi connectivity index (χ0n) is 21.2. The molecule has 3 saturated heterocycles. The van der Waals surface area contributed by atoms with Gasteiger partial charge in [-0.2, -0.15) is 13.5 Å². The second-order valence-corrected chi connectivity index (χ2v) is 12.8. The van der Waals surface area contributed by atoms with Crippen LogP contribution in [0.2, 0.25) is 5.02 Å². The first kappa shape index (κ1) is 29.4. The number of hydrogen-bond acceptors (Lipinski definition) is 10. The number of carboxylic acids is 1. The Morgan fingerprint density at radius 1 is 1.14 bits per heavy atom. The summed E-state index contributed by atoms with van der Waals surface area (Å²) in [6, 6.07) is 8.23. The Balaban J connectivity index is 1.35. The zero-order valence-corrected chi connectivity index (χ0v) is 23.6. The number of halogens is 1. The topological polar surface area (TPSA) is 217 Å². The number of nitrogens with one attached hydrogen (secondary N) is 1. The Kier molecular flexibility index (Phi) is 7.46. The molecule has 15 nitrogen and oxygen atoms in total. The van der Waals surface area contributed by atoms with E-state index in [9.17, 15) is 47.5 Å². The Labute approximate surface area is 247 Å². The minimum Gasteiger partial charge on any atom is -0.504 e. The van der Waals surface area contributed by atoms with E-state index in [2.05, 4.69) is 10.4 Å². The van der Waals surface area contributed by atoms with Crippen molar-refractivity contribution >= 4 is 63.5 Å². The average Bonchev–Trinajstić information content (AvgIpc) is 3.48. The van der Waals surface area contributed by atoms with Crippen molar-refractivity contribution in [2.45, 2.75) is 21.5 Å². The lowest BCUT2D eigenvalue weighted by Crippen LogP contribution is -2.68. The largest absolute Gasteiger partial charge is 0.504 e. The second kappa shape index (κ2) is 10.6. The van der Waals surface area contributed by atoms with Crippen molar-refractivity contribution < 1.29 is 47.5 Å². The second-order valence-electron chi connectivity index (χ2n) is 9.52. The van der Waals surface area contributed by atoms with Gasteiger partial charge >= 0.3 is 12.0 Å². The number of urea groups is 1. The third-order valence-corrected chi connectivity index (χ3v) is 10.0. The molecule has 3 aliphatic heterocycles. The fourth-order valence-electron chi connectivity index (χ4n) is 4.88. The number of nitrogens with zero attached hydrogens (tertiary/aromatic N) is 4. The first-order chi connectivity index (χ1) is 19.7. The lowest BCUT2D eigenvalue weighted by atomic mass is 10.0. The molecule has 18 heteroatoms. The summed E-state index contributed by atoms with van der Waals surface area (Å²) in [6.07, 6.45) is 1.45. The number of phenolic OH excluding ortho intramolecular Hbond substituents is 2. The van der Waals surface area contributed by atoms with Crippen LogP contribution in [-0.2, 0) is 24.5 Å². The van der Waals surface area contributed by atoms with Crippen LogP contribution >= 0.6 is 23.4 Å². The third kappa shape index (κ3) is 4.97. The van der Waals surface area contributed by atoms with Crippen molar-refractivity contribution in [1.82, 2.24) is 20.1 Å². The summed E-state index contributed by atoms with van der Waals surface area (Å²) in [5.41, 5.74) is 0.139. The molecule has 3 heterocycles. The summed E-state index contributed by atoms with van der Waals surface area (Å²) in [5.74, 6) is -5.09. The summed E-state index contributed by atoms with van der Waals surface area (Å²) < 4.78 is 34.1. The number of hydrazone groups is 1. The van der Waals surface area contributed by atoms with Crippen LogP contribution in [0.5, 0.6) is 11.5 Å². The fourth-order valence-corrected chi connectivity index (χ4v) is 7.71. The first-order valence-corrected chi connectivity index (χ1v) is 14.9. The molecule has 222 valence electrons. The number of benzene rings is 2. The van der Waals surface area contributed by atoms with E-state index < -0.39 is 84.1 Å². The first-order valence-electron chi connectivity index (χ1n) is 12.1. The quantitative estimate of drug-likeness (QED) is 0.117. The zero-order chi connectivity index (χ0) is 30.6. The number of thioether (sulfide) groups is 1. The molecule has 0 spiro atoms. The molecule has 42 heavy (non-hydrogen) atoms. The number of aromatic hydroxyl groups is 2. The molecular formula is C24H22ClN5O10S2. The molecule has 5 N–H and O–H groups in total. The summed E-state index contributed by atoms with van der Waals surface area (Å²) in [6.45, 7) is -0.360. The smallest absolute Gasteiger partial charge is 0.342 e. The van der Waals surface area contributed by atoms with Gasteiger partial charge in [-0.05, 0) is 11.6 Å². The Hall–Kier alpha value is -4.06. The van der Waals surface area contributed by atoms with Gasteiger partial charge in [0.05, 0.1) is 19.3 Å². The van der Waals surface area contributed by atoms with Crippen LogP contribution < -0.4 is 5.32 Å². The highest BCUT2D eigenvalue weighted by Crippen LogP contribution is 2.50. The molecule has 0 saturated carbocycles. The van der Waals surface area contributed by atoms with E-state index in [4.69, 9.17) is 11.6 Å². The van der Waals surface area contributed by atoms with E-state index in [1.54, 1.807) is 24.3 Å². The van der Waals surface area contributed by atoms with Crippen molar-refractivity contribution in [3.63, 3.8) is 0 Å². The number of carbonyl (C=O) groups is 4. The van der Waals surface area contributed by atoms with E-state index in [-0.39, 0.29) is 13.1 Å². The number of aliphatic carboxylic acids is 1. The van der Waals surface area contributed by atoms with Gasteiger partial charge in [0.15, 0.2) is 16.7 Å². The molecule has 2 aromatic carbocycles. The van der Waals surface area contributed by atoms with Crippen LogP contribution in [-0.4, -0.2) is 109 Å². The molecule has 2 aromatic rings. The molecule has 1 unspecified atom stereocenters. The minimum absolute atomic E-state index is 0.0241. The highest BCUT2D eigenvalue weighted by Gasteiger charge is 2.66. The van der Waals surface area contributed by atoms with Crippen LogP contribution in [0.3, 0.4) is 0 Å². The molecule has 4 amide bonds. The molecule has 3 fully saturated rings. The van der Waals surface area contributed by atoms with Gasteiger partial charge in [-0.15, -0.1) is 0 Å².